The van der Waals surface area contributed by atoms with Gasteiger partial charge in [-0.15, -0.1) is 0 Å². The van der Waals surface area contributed by atoms with E-state index in [0.717, 1.165) is 24.5 Å². The fourth-order valence-electron chi connectivity index (χ4n) is 3.25. The van der Waals surface area contributed by atoms with E-state index in [4.69, 9.17) is 0 Å². The Bertz CT molecular complexity index is 847. The summed E-state index contributed by atoms with van der Waals surface area (Å²) in [5.74, 6) is -0.0945. The van der Waals surface area contributed by atoms with E-state index in [-0.39, 0.29) is 5.91 Å². The van der Waals surface area contributed by atoms with Gasteiger partial charge in [0.15, 0.2) is 0 Å². The Labute approximate surface area is 147 Å². The average Bonchev–Trinajstić information content (AvgIpc) is 3.36. The lowest BCUT2D eigenvalue weighted by molar-refractivity contribution is 0.102. The zero-order chi connectivity index (χ0) is 17.1. The number of hydrogen-bond donors (Lipinski definition) is 1. The van der Waals surface area contributed by atoms with Gasteiger partial charge < -0.3 is 14.8 Å². The summed E-state index contributed by atoms with van der Waals surface area (Å²) in [4.78, 5) is 14.9. The quantitative estimate of drug-likeness (QED) is 0.772. The van der Waals surface area contributed by atoms with Crippen LogP contribution in [0.4, 0.5) is 11.4 Å². The molecule has 0 unspecified atom stereocenters. The van der Waals surface area contributed by atoms with Crippen LogP contribution in [-0.2, 0) is 0 Å². The third-order valence-electron chi connectivity index (χ3n) is 4.61. The van der Waals surface area contributed by atoms with Gasteiger partial charge in [0.2, 0.25) is 0 Å². The van der Waals surface area contributed by atoms with Gasteiger partial charge in [-0.05, 0) is 67.4 Å². The van der Waals surface area contributed by atoms with Crippen molar-refractivity contribution in [3.63, 3.8) is 0 Å². The van der Waals surface area contributed by atoms with Crippen molar-refractivity contribution in [2.45, 2.75) is 12.8 Å². The van der Waals surface area contributed by atoms with E-state index < -0.39 is 0 Å². The number of rotatable bonds is 4. The monoisotopic (exact) mass is 331 g/mol. The fraction of sp³-hybridized carbons (Fsp3) is 0.190. The molecule has 4 heteroatoms. The van der Waals surface area contributed by atoms with Crippen LogP contribution in [0.5, 0.6) is 0 Å². The van der Waals surface area contributed by atoms with Crippen molar-refractivity contribution in [1.29, 1.82) is 0 Å². The Kier molecular flexibility index (Phi) is 4.25. The van der Waals surface area contributed by atoms with Crippen molar-refractivity contribution in [1.82, 2.24) is 4.57 Å². The highest BCUT2D eigenvalue weighted by Crippen LogP contribution is 2.22. The fourth-order valence-corrected chi connectivity index (χ4v) is 3.25. The number of benzene rings is 2. The minimum atomic E-state index is -0.0945. The number of amides is 1. The topological polar surface area (TPSA) is 37.3 Å². The molecule has 0 spiro atoms. The van der Waals surface area contributed by atoms with E-state index in [1.54, 1.807) is 0 Å². The first-order valence-corrected chi connectivity index (χ1v) is 8.69. The van der Waals surface area contributed by atoms with Gasteiger partial charge in [-0.25, -0.2) is 0 Å². The molecule has 1 amide bonds. The van der Waals surface area contributed by atoms with Gasteiger partial charge in [0.1, 0.15) is 0 Å². The Morgan fingerprint density at radius 2 is 1.56 bits per heavy atom. The first-order chi connectivity index (χ1) is 12.3. The smallest absolute Gasteiger partial charge is 0.255 e. The summed E-state index contributed by atoms with van der Waals surface area (Å²) in [6.45, 7) is 2.25. The number of hydrogen-bond acceptors (Lipinski definition) is 2. The number of aromatic nitrogens is 1. The molecule has 126 valence electrons. The molecule has 0 saturated carbocycles. The summed E-state index contributed by atoms with van der Waals surface area (Å²) in [6, 6.07) is 19.7. The van der Waals surface area contributed by atoms with Gasteiger partial charge in [-0.3, -0.25) is 4.79 Å². The molecule has 4 nitrogen and oxygen atoms in total. The molecule has 2 aromatic carbocycles. The molecule has 0 bridgehead atoms. The summed E-state index contributed by atoms with van der Waals surface area (Å²) in [6.07, 6.45) is 6.45. The standard InChI is InChI=1S/C21H21N3O/c25-21(17-6-5-7-20(16-17)24-14-3-4-15-24)22-18-8-10-19(11-9-18)23-12-1-2-13-23/h3-11,14-16H,1-2,12-13H2,(H,22,25). The van der Waals surface area contributed by atoms with Crippen LogP contribution in [0.2, 0.25) is 0 Å². The number of anilines is 2. The first kappa shape index (κ1) is 15.5. The van der Waals surface area contributed by atoms with E-state index in [1.165, 1.54) is 18.5 Å². The SMILES string of the molecule is O=C(Nc1ccc(N2CCCC2)cc1)c1cccc(-n2cccc2)c1. The Balaban J connectivity index is 1.47. The lowest BCUT2D eigenvalue weighted by Gasteiger charge is -2.17. The lowest BCUT2D eigenvalue weighted by atomic mass is 10.1. The van der Waals surface area contributed by atoms with Crippen LogP contribution in [0.3, 0.4) is 0 Å². The van der Waals surface area contributed by atoms with E-state index >= 15 is 0 Å². The minimum absolute atomic E-state index is 0.0945. The molecule has 0 radical (unpaired) electrons. The van der Waals surface area contributed by atoms with Crippen LogP contribution in [0.25, 0.3) is 5.69 Å². The molecule has 0 atom stereocenters. The van der Waals surface area contributed by atoms with E-state index in [9.17, 15) is 4.79 Å². The van der Waals surface area contributed by atoms with Crippen LogP contribution < -0.4 is 10.2 Å². The highest BCUT2D eigenvalue weighted by atomic mass is 16.1. The molecule has 1 saturated heterocycles. The van der Waals surface area contributed by atoms with Crippen molar-refractivity contribution in [3.05, 3.63) is 78.6 Å². The van der Waals surface area contributed by atoms with Crippen LogP contribution in [0.1, 0.15) is 23.2 Å². The van der Waals surface area contributed by atoms with E-state index in [0.29, 0.717) is 5.56 Å². The largest absolute Gasteiger partial charge is 0.372 e. The number of carbonyl (C=O) groups excluding carboxylic acids is 1. The molecular formula is C21H21N3O. The summed E-state index contributed by atoms with van der Waals surface area (Å²) in [7, 11) is 0. The maximum Gasteiger partial charge on any atom is 0.255 e. The molecule has 2 heterocycles. The average molecular weight is 331 g/mol. The van der Waals surface area contributed by atoms with Crippen LogP contribution in [0.15, 0.2) is 73.1 Å². The van der Waals surface area contributed by atoms with Gasteiger partial charge in [0.25, 0.3) is 5.91 Å². The summed E-state index contributed by atoms with van der Waals surface area (Å²) in [5.41, 5.74) is 3.67. The van der Waals surface area contributed by atoms with Crippen molar-refractivity contribution in [3.8, 4) is 5.69 Å². The van der Waals surface area contributed by atoms with Crippen LogP contribution >= 0.6 is 0 Å². The lowest BCUT2D eigenvalue weighted by Crippen LogP contribution is -2.17. The second-order valence-electron chi connectivity index (χ2n) is 6.34. The molecule has 1 fully saturated rings. The van der Waals surface area contributed by atoms with Gasteiger partial charge >= 0.3 is 0 Å². The highest BCUT2D eigenvalue weighted by Gasteiger charge is 2.12. The summed E-state index contributed by atoms with van der Waals surface area (Å²) >= 11 is 0. The molecule has 4 rings (SSSR count). The van der Waals surface area contributed by atoms with Crippen molar-refractivity contribution in [2.24, 2.45) is 0 Å². The number of nitrogens with one attached hydrogen (secondary N) is 1. The van der Waals surface area contributed by atoms with Crippen molar-refractivity contribution < 1.29 is 4.79 Å². The zero-order valence-electron chi connectivity index (χ0n) is 14.1. The third kappa shape index (κ3) is 3.43. The number of carbonyl (C=O) groups is 1. The molecule has 0 aliphatic carbocycles. The molecule has 1 N–H and O–H groups in total. The Morgan fingerprint density at radius 1 is 0.840 bits per heavy atom. The second kappa shape index (κ2) is 6.85. The Morgan fingerprint density at radius 3 is 2.28 bits per heavy atom. The van der Waals surface area contributed by atoms with Crippen LogP contribution in [-0.4, -0.2) is 23.6 Å². The van der Waals surface area contributed by atoms with Crippen molar-refractivity contribution >= 4 is 17.3 Å². The number of nitrogens with zero attached hydrogens (tertiary/aromatic N) is 2. The zero-order valence-corrected chi connectivity index (χ0v) is 14.1. The third-order valence-corrected chi connectivity index (χ3v) is 4.61. The van der Waals surface area contributed by atoms with Gasteiger partial charge in [0.05, 0.1) is 0 Å². The Hall–Kier alpha value is -3.01. The molecule has 3 aromatic rings. The van der Waals surface area contributed by atoms with Gasteiger partial charge in [-0.2, -0.15) is 0 Å². The normalized spacial score (nSPS) is 13.8. The second-order valence-corrected chi connectivity index (χ2v) is 6.34. The van der Waals surface area contributed by atoms with Gasteiger partial charge in [0, 0.05) is 48.1 Å². The first-order valence-electron chi connectivity index (χ1n) is 8.69. The maximum absolute atomic E-state index is 12.5. The maximum atomic E-state index is 12.5. The molecule has 25 heavy (non-hydrogen) atoms. The highest BCUT2D eigenvalue weighted by molar-refractivity contribution is 6.04. The predicted octanol–water partition coefficient (Wildman–Crippen LogP) is 4.33. The molecule has 1 aromatic heterocycles. The molecule has 1 aliphatic heterocycles. The molecular weight excluding hydrogens is 310 g/mol. The van der Waals surface area contributed by atoms with Gasteiger partial charge in [-0.1, -0.05) is 6.07 Å². The van der Waals surface area contributed by atoms with E-state index in [1.807, 2.05) is 65.5 Å². The molecule has 1 aliphatic rings. The van der Waals surface area contributed by atoms with E-state index in [2.05, 4.69) is 22.3 Å². The van der Waals surface area contributed by atoms with Crippen molar-refractivity contribution in [2.75, 3.05) is 23.3 Å². The minimum Gasteiger partial charge on any atom is -0.372 e. The predicted molar refractivity (Wildman–Crippen MR) is 102 cm³/mol. The summed E-state index contributed by atoms with van der Waals surface area (Å²) in [5, 5.41) is 2.98. The summed E-state index contributed by atoms with van der Waals surface area (Å²) < 4.78 is 1.99. The van der Waals surface area contributed by atoms with Crippen LogP contribution in [0, 0.1) is 0 Å².